The van der Waals surface area contributed by atoms with Gasteiger partial charge in [-0.2, -0.15) is 9.61 Å². The third-order valence-electron chi connectivity index (χ3n) is 6.02. The number of hydrogen-bond donors (Lipinski definition) is 1. The molecule has 0 bridgehead atoms. The van der Waals surface area contributed by atoms with Crippen LogP contribution in [0.4, 0.5) is 15.9 Å². The number of anilines is 2. The van der Waals surface area contributed by atoms with Gasteiger partial charge in [0.15, 0.2) is 5.65 Å². The Kier molecular flexibility index (Phi) is 4.82. The van der Waals surface area contributed by atoms with Crippen molar-refractivity contribution in [2.75, 3.05) is 43.9 Å². The molecule has 5 rings (SSSR count). The molecule has 0 aliphatic carbocycles. The average Bonchev–Trinajstić information content (AvgIpc) is 3.20. The van der Waals surface area contributed by atoms with Crippen LogP contribution in [0, 0.1) is 12.7 Å². The molecule has 1 saturated heterocycles. The molecule has 158 valence electrons. The molecule has 0 unspecified atom stereocenters. The molecule has 1 fully saturated rings. The van der Waals surface area contributed by atoms with Crippen LogP contribution in [-0.4, -0.2) is 52.7 Å². The van der Waals surface area contributed by atoms with Gasteiger partial charge in [0, 0.05) is 43.0 Å². The van der Waals surface area contributed by atoms with E-state index in [0.29, 0.717) is 5.82 Å². The van der Waals surface area contributed by atoms with Crippen molar-refractivity contribution in [2.24, 2.45) is 0 Å². The lowest BCUT2D eigenvalue weighted by molar-refractivity contribution is 0.313. The summed E-state index contributed by atoms with van der Waals surface area (Å²) in [6.07, 6.45) is 1.82. The fourth-order valence-electron chi connectivity index (χ4n) is 4.24. The van der Waals surface area contributed by atoms with Gasteiger partial charge >= 0.3 is 0 Å². The standard InChI is InChI=1S/C24H25FN6/c1-16-22(17-6-8-19(25)9-7-17)23(26)31-24(28-16)21(15-27-31)18-4-3-5-20(14-18)30-12-10-29(2)11-13-30/h3-9,14-15H,10-13,26H2,1-2H3. The number of fused-ring (bicyclic) bond motifs is 1. The second-order valence-electron chi connectivity index (χ2n) is 8.10. The van der Waals surface area contributed by atoms with Crippen molar-refractivity contribution >= 4 is 17.2 Å². The number of nitrogens with zero attached hydrogens (tertiary/aromatic N) is 5. The van der Waals surface area contributed by atoms with Gasteiger partial charge in [0.1, 0.15) is 11.6 Å². The number of piperazine rings is 1. The quantitative estimate of drug-likeness (QED) is 0.550. The fourth-order valence-corrected chi connectivity index (χ4v) is 4.24. The van der Waals surface area contributed by atoms with E-state index in [0.717, 1.165) is 59.8 Å². The lowest BCUT2D eigenvalue weighted by Gasteiger charge is -2.34. The molecule has 2 N–H and O–H groups in total. The summed E-state index contributed by atoms with van der Waals surface area (Å²) in [7, 11) is 2.16. The zero-order valence-electron chi connectivity index (χ0n) is 17.7. The summed E-state index contributed by atoms with van der Waals surface area (Å²) in [6.45, 7) is 6.07. The Morgan fingerprint density at radius 1 is 0.968 bits per heavy atom. The molecule has 4 aromatic rings. The predicted molar refractivity (Wildman–Crippen MR) is 123 cm³/mol. The maximum Gasteiger partial charge on any atom is 0.165 e. The summed E-state index contributed by atoms with van der Waals surface area (Å²) in [6, 6.07) is 14.8. The number of benzene rings is 2. The van der Waals surface area contributed by atoms with E-state index < -0.39 is 0 Å². The largest absolute Gasteiger partial charge is 0.383 e. The Hall–Kier alpha value is -3.45. The molecular weight excluding hydrogens is 391 g/mol. The van der Waals surface area contributed by atoms with Crippen molar-refractivity contribution in [1.29, 1.82) is 0 Å². The molecule has 0 saturated carbocycles. The molecule has 3 heterocycles. The first kappa shape index (κ1) is 19.5. The van der Waals surface area contributed by atoms with E-state index in [9.17, 15) is 4.39 Å². The van der Waals surface area contributed by atoms with E-state index in [2.05, 4.69) is 46.2 Å². The number of likely N-dealkylation sites (N-methyl/N-ethyl adjacent to an activating group) is 1. The van der Waals surface area contributed by atoms with E-state index in [1.807, 2.05) is 13.1 Å². The molecule has 0 atom stereocenters. The normalized spacial score (nSPS) is 15.0. The highest BCUT2D eigenvalue weighted by Gasteiger charge is 2.19. The van der Waals surface area contributed by atoms with Gasteiger partial charge < -0.3 is 15.5 Å². The van der Waals surface area contributed by atoms with Crippen molar-refractivity contribution in [2.45, 2.75) is 6.92 Å². The number of rotatable bonds is 3. The summed E-state index contributed by atoms with van der Waals surface area (Å²) in [5, 5.41) is 4.53. The lowest BCUT2D eigenvalue weighted by atomic mass is 10.0. The molecule has 1 aliphatic heterocycles. The number of nitrogens with two attached hydrogens (primary N) is 1. The number of aromatic nitrogens is 3. The van der Waals surface area contributed by atoms with Gasteiger partial charge in [-0.3, -0.25) is 0 Å². The monoisotopic (exact) mass is 416 g/mol. The van der Waals surface area contributed by atoms with Gasteiger partial charge in [-0.25, -0.2) is 9.37 Å². The van der Waals surface area contributed by atoms with E-state index in [1.54, 1.807) is 16.6 Å². The summed E-state index contributed by atoms with van der Waals surface area (Å²) in [4.78, 5) is 9.59. The van der Waals surface area contributed by atoms with E-state index in [1.165, 1.54) is 17.8 Å². The predicted octanol–water partition coefficient (Wildman–Crippen LogP) is 3.84. The number of aryl methyl sites for hydroxylation is 1. The van der Waals surface area contributed by atoms with Gasteiger partial charge in [0.25, 0.3) is 0 Å². The highest BCUT2D eigenvalue weighted by atomic mass is 19.1. The molecule has 6 nitrogen and oxygen atoms in total. The van der Waals surface area contributed by atoms with Crippen LogP contribution in [0.2, 0.25) is 0 Å². The van der Waals surface area contributed by atoms with E-state index >= 15 is 0 Å². The van der Waals surface area contributed by atoms with Crippen LogP contribution in [-0.2, 0) is 0 Å². The maximum atomic E-state index is 13.4. The second-order valence-corrected chi connectivity index (χ2v) is 8.10. The average molecular weight is 417 g/mol. The van der Waals surface area contributed by atoms with Crippen LogP contribution in [0.5, 0.6) is 0 Å². The van der Waals surface area contributed by atoms with Crippen LogP contribution in [0.15, 0.2) is 54.7 Å². The molecule has 2 aromatic heterocycles. The highest BCUT2D eigenvalue weighted by molar-refractivity contribution is 5.84. The van der Waals surface area contributed by atoms with Crippen LogP contribution >= 0.6 is 0 Å². The Morgan fingerprint density at radius 2 is 1.71 bits per heavy atom. The Balaban J connectivity index is 1.56. The first-order chi connectivity index (χ1) is 15.0. The summed E-state index contributed by atoms with van der Waals surface area (Å²) >= 11 is 0. The van der Waals surface area contributed by atoms with Gasteiger partial charge in [0.05, 0.1) is 11.9 Å². The summed E-state index contributed by atoms with van der Waals surface area (Å²) in [5.41, 5.74) is 12.8. The molecule has 0 radical (unpaired) electrons. The van der Waals surface area contributed by atoms with Crippen molar-refractivity contribution < 1.29 is 4.39 Å². The van der Waals surface area contributed by atoms with Crippen molar-refractivity contribution in [3.05, 3.63) is 66.2 Å². The minimum absolute atomic E-state index is 0.282. The smallest absolute Gasteiger partial charge is 0.165 e. The van der Waals surface area contributed by atoms with Gasteiger partial charge in [-0.1, -0.05) is 24.3 Å². The molecule has 2 aromatic carbocycles. The van der Waals surface area contributed by atoms with Gasteiger partial charge in [-0.15, -0.1) is 0 Å². The summed E-state index contributed by atoms with van der Waals surface area (Å²) < 4.78 is 15.0. The lowest BCUT2D eigenvalue weighted by Crippen LogP contribution is -2.44. The topological polar surface area (TPSA) is 62.7 Å². The molecule has 31 heavy (non-hydrogen) atoms. The SMILES string of the molecule is Cc1nc2c(-c3cccc(N4CCN(C)CC4)c3)cnn2c(N)c1-c1ccc(F)cc1. The number of halogens is 1. The number of hydrogen-bond acceptors (Lipinski definition) is 5. The highest BCUT2D eigenvalue weighted by Crippen LogP contribution is 2.33. The minimum Gasteiger partial charge on any atom is -0.383 e. The maximum absolute atomic E-state index is 13.4. The third-order valence-corrected chi connectivity index (χ3v) is 6.02. The van der Waals surface area contributed by atoms with Crippen molar-refractivity contribution in [3.8, 4) is 22.3 Å². The fraction of sp³-hybridized carbons (Fsp3) is 0.250. The molecule has 0 spiro atoms. The van der Waals surface area contributed by atoms with Crippen molar-refractivity contribution in [3.63, 3.8) is 0 Å². The first-order valence-electron chi connectivity index (χ1n) is 10.4. The van der Waals surface area contributed by atoms with Gasteiger partial charge in [0.2, 0.25) is 0 Å². The number of nitrogen functional groups attached to an aromatic ring is 1. The minimum atomic E-state index is -0.282. The third kappa shape index (κ3) is 3.51. The van der Waals surface area contributed by atoms with Crippen molar-refractivity contribution in [1.82, 2.24) is 19.5 Å². The van der Waals surface area contributed by atoms with Crippen LogP contribution < -0.4 is 10.6 Å². The summed E-state index contributed by atoms with van der Waals surface area (Å²) in [5.74, 6) is 0.214. The first-order valence-corrected chi connectivity index (χ1v) is 10.4. The Labute approximate surface area is 180 Å². The zero-order chi connectivity index (χ0) is 21.5. The van der Waals surface area contributed by atoms with Crippen LogP contribution in [0.3, 0.4) is 0 Å². The Morgan fingerprint density at radius 3 is 2.45 bits per heavy atom. The molecule has 7 heteroatoms. The van der Waals surface area contributed by atoms with Crippen LogP contribution in [0.1, 0.15) is 5.69 Å². The van der Waals surface area contributed by atoms with E-state index in [4.69, 9.17) is 10.7 Å². The van der Waals surface area contributed by atoms with Crippen LogP contribution in [0.25, 0.3) is 27.9 Å². The molecule has 1 aliphatic rings. The zero-order valence-corrected chi connectivity index (χ0v) is 17.7. The second kappa shape index (κ2) is 7.67. The molecular formula is C24H25FN6. The Bertz CT molecular complexity index is 1240. The van der Waals surface area contributed by atoms with Gasteiger partial charge in [-0.05, 0) is 49.4 Å². The van der Waals surface area contributed by atoms with E-state index in [-0.39, 0.29) is 5.82 Å². The molecule has 0 amide bonds.